The van der Waals surface area contributed by atoms with Crippen molar-refractivity contribution in [2.45, 2.75) is 48.0 Å². The van der Waals surface area contributed by atoms with Crippen LogP contribution in [-0.2, 0) is 0 Å². The summed E-state index contributed by atoms with van der Waals surface area (Å²) in [7, 11) is 0. The molecule has 5 heteroatoms. The van der Waals surface area contributed by atoms with E-state index in [2.05, 4.69) is 82.9 Å². The second-order valence-electron chi connectivity index (χ2n) is 10.6. The number of aryl methyl sites for hydroxylation is 4. The van der Waals surface area contributed by atoms with Crippen molar-refractivity contribution in [2.24, 2.45) is 4.99 Å². The summed E-state index contributed by atoms with van der Waals surface area (Å²) in [5.74, 6) is 1.58. The second kappa shape index (κ2) is 13.6. The van der Waals surface area contributed by atoms with Gasteiger partial charge in [0.1, 0.15) is 17.3 Å². The minimum Gasteiger partial charge on any atom is -0.508 e. The Morgan fingerprint density at radius 1 is 0.595 bits per heavy atom. The molecule has 0 fully saturated rings. The summed E-state index contributed by atoms with van der Waals surface area (Å²) in [5, 5.41) is 17.3. The molecule has 0 unspecified atom stereocenters. The molecule has 3 N–H and O–H groups in total. The van der Waals surface area contributed by atoms with Crippen LogP contribution in [-0.4, -0.2) is 25.9 Å². The van der Waals surface area contributed by atoms with Gasteiger partial charge >= 0.3 is 0 Å². The summed E-state index contributed by atoms with van der Waals surface area (Å²) in [5.41, 5.74) is 13.2. The van der Waals surface area contributed by atoms with Crippen molar-refractivity contribution in [1.29, 1.82) is 0 Å². The average molecular weight is 558 g/mol. The Kier molecular flexibility index (Phi) is 9.77. The van der Waals surface area contributed by atoms with Crippen molar-refractivity contribution in [3.05, 3.63) is 136 Å². The molecule has 5 nitrogen and oxygen atoms in total. The van der Waals surface area contributed by atoms with E-state index in [4.69, 9.17) is 20.2 Å². The van der Waals surface area contributed by atoms with Crippen LogP contribution < -0.4 is 0 Å². The SMILES string of the molecule is CC1=C(C)N=C(c2cccc(C)c2-c2c(C)cccc2-c2nc(C)c(C)[nH]2)C1.Oc1ccccc1.Oc1ccccc1. The van der Waals surface area contributed by atoms with E-state index in [0.29, 0.717) is 11.5 Å². The van der Waals surface area contributed by atoms with Gasteiger partial charge in [0.15, 0.2) is 0 Å². The van der Waals surface area contributed by atoms with Gasteiger partial charge in [-0.25, -0.2) is 4.98 Å². The summed E-state index contributed by atoms with van der Waals surface area (Å²) >= 11 is 0. The Hall–Kier alpha value is -4.90. The van der Waals surface area contributed by atoms with Gasteiger partial charge in [-0.15, -0.1) is 0 Å². The third-order valence-electron chi connectivity index (χ3n) is 7.36. The first kappa shape index (κ1) is 30.1. The minimum atomic E-state index is 0.322. The van der Waals surface area contributed by atoms with Crippen LogP contribution in [0.2, 0.25) is 0 Å². The fourth-order valence-electron chi connectivity index (χ4n) is 4.84. The van der Waals surface area contributed by atoms with Crippen molar-refractivity contribution in [3.8, 4) is 34.0 Å². The Morgan fingerprint density at radius 3 is 1.50 bits per heavy atom. The molecule has 0 atom stereocenters. The zero-order valence-electron chi connectivity index (χ0n) is 25.2. The number of aromatic amines is 1. The number of H-pyrrole nitrogens is 1. The highest BCUT2D eigenvalue weighted by molar-refractivity contribution is 6.10. The number of aromatic nitrogens is 2. The molecule has 0 saturated carbocycles. The van der Waals surface area contributed by atoms with Gasteiger partial charge in [0.05, 0.1) is 11.4 Å². The number of phenols is 2. The Balaban J connectivity index is 0.000000235. The molecule has 1 aliphatic rings. The smallest absolute Gasteiger partial charge is 0.138 e. The maximum absolute atomic E-state index is 8.63. The molecule has 42 heavy (non-hydrogen) atoms. The number of phenolic OH excluding ortho intramolecular Hbond substituents is 2. The topological polar surface area (TPSA) is 81.5 Å². The number of benzene rings is 4. The van der Waals surface area contributed by atoms with Crippen LogP contribution >= 0.6 is 0 Å². The van der Waals surface area contributed by atoms with Gasteiger partial charge in [0.2, 0.25) is 0 Å². The Labute approximate surface area is 249 Å². The molecule has 0 radical (unpaired) electrons. The molecule has 4 aromatic carbocycles. The lowest BCUT2D eigenvalue weighted by molar-refractivity contribution is 0.475. The van der Waals surface area contributed by atoms with E-state index in [0.717, 1.165) is 40.6 Å². The van der Waals surface area contributed by atoms with Gasteiger partial charge in [0, 0.05) is 28.9 Å². The minimum absolute atomic E-state index is 0.322. The van der Waals surface area contributed by atoms with Gasteiger partial charge in [-0.2, -0.15) is 0 Å². The van der Waals surface area contributed by atoms with Crippen LogP contribution in [0.15, 0.2) is 113 Å². The Morgan fingerprint density at radius 2 is 1.10 bits per heavy atom. The standard InChI is InChI=1S/C25H27N3.2C6H6O/c1-14-9-7-11-20(22-13-16(3)17(4)26-22)23(14)24-15(2)10-8-12-21(24)25-27-18(5)19(6)28-25;2*7-6-4-2-1-3-5-6/h7-12H,13H2,1-6H3,(H,27,28);2*1-5,7H. The first-order chi connectivity index (χ1) is 20.2. The lowest BCUT2D eigenvalue weighted by Crippen LogP contribution is -2.04. The quantitative estimate of drug-likeness (QED) is 0.207. The van der Waals surface area contributed by atoms with Crippen LogP contribution in [0.1, 0.15) is 48.3 Å². The van der Waals surface area contributed by atoms with Crippen LogP contribution in [0.5, 0.6) is 11.5 Å². The first-order valence-electron chi connectivity index (χ1n) is 14.1. The molecule has 0 aliphatic carbocycles. The molecule has 2 heterocycles. The molecular formula is C37H39N3O2. The van der Waals surface area contributed by atoms with Crippen molar-refractivity contribution < 1.29 is 10.2 Å². The molecule has 0 bridgehead atoms. The number of para-hydroxylation sites is 2. The number of allylic oxidation sites excluding steroid dienone is 2. The molecule has 0 spiro atoms. The third-order valence-corrected chi connectivity index (χ3v) is 7.36. The van der Waals surface area contributed by atoms with Crippen LogP contribution in [0.25, 0.3) is 22.5 Å². The summed E-state index contributed by atoms with van der Waals surface area (Å²) in [6.45, 7) is 12.8. The monoisotopic (exact) mass is 557 g/mol. The molecular weight excluding hydrogens is 518 g/mol. The fraction of sp³-hybridized carbons (Fsp3) is 0.189. The number of aliphatic imine (C=N–C) groups is 1. The molecule has 6 rings (SSSR count). The van der Waals surface area contributed by atoms with E-state index in [1.54, 1.807) is 48.5 Å². The second-order valence-corrected chi connectivity index (χ2v) is 10.6. The number of imidazole rings is 1. The summed E-state index contributed by atoms with van der Waals surface area (Å²) in [4.78, 5) is 13.2. The fourth-order valence-corrected chi connectivity index (χ4v) is 4.84. The van der Waals surface area contributed by atoms with Gasteiger partial charge in [-0.05, 0) is 93.6 Å². The molecule has 1 aliphatic heterocycles. The largest absolute Gasteiger partial charge is 0.508 e. The van der Waals surface area contributed by atoms with Crippen LogP contribution in [0.4, 0.5) is 0 Å². The van der Waals surface area contributed by atoms with E-state index in [-0.39, 0.29) is 0 Å². The molecule has 0 amide bonds. The highest BCUT2D eigenvalue weighted by Gasteiger charge is 2.22. The zero-order chi connectivity index (χ0) is 30.2. The summed E-state index contributed by atoms with van der Waals surface area (Å²) in [6, 6.07) is 30.4. The predicted octanol–water partition coefficient (Wildman–Crippen LogP) is 9.25. The zero-order valence-corrected chi connectivity index (χ0v) is 25.2. The van der Waals surface area contributed by atoms with Crippen molar-refractivity contribution in [2.75, 3.05) is 0 Å². The average Bonchev–Trinajstić information content (AvgIpc) is 3.49. The molecule has 214 valence electrons. The lowest BCUT2D eigenvalue weighted by atomic mass is 9.86. The lowest BCUT2D eigenvalue weighted by Gasteiger charge is -2.18. The van der Waals surface area contributed by atoms with E-state index < -0.39 is 0 Å². The number of hydrogen-bond acceptors (Lipinski definition) is 4. The van der Waals surface area contributed by atoms with Crippen molar-refractivity contribution in [1.82, 2.24) is 9.97 Å². The van der Waals surface area contributed by atoms with Crippen molar-refractivity contribution >= 4 is 5.71 Å². The van der Waals surface area contributed by atoms with Gasteiger partial charge in [-0.3, -0.25) is 4.99 Å². The normalized spacial score (nSPS) is 12.2. The van der Waals surface area contributed by atoms with Gasteiger partial charge < -0.3 is 15.2 Å². The van der Waals surface area contributed by atoms with Crippen molar-refractivity contribution in [3.63, 3.8) is 0 Å². The van der Waals surface area contributed by atoms with E-state index >= 15 is 0 Å². The van der Waals surface area contributed by atoms with E-state index in [1.807, 2.05) is 12.1 Å². The first-order valence-corrected chi connectivity index (χ1v) is 14.1. The van der Waals surface area contributed by atoms with Gasteiger partial charge in [-0.1, -0.05) is 72.8 Å². The van der Waals surface area contributed by atoms with Gasteiger partial charge in [0.25, 0.3) is 0 Å². The number of nitrogens with one attached hydrogen (secondary N) is 1. The summed E-state index contributed by atoms with van der Waals surface area (Å²) in [6.07, 6.45) is 0.919. The molecule has 5 aromatic rings. The van der Waals surface area contributed by atoms with Crippen LogP contribution in [0, 0.1) is 27.7 Å². The maximum Gasteiger partial charge on any atom is 0.138 e. The number of nitrogens with zero attached hydrogens (tertiary/aromatic N) is 2. The number of aromatic hydroxyl groups is 2. The Bertz CT molecular complexity index is 1660. The van der Waals surface area contributed by atoms with E-state index in [9.17, 15) is 0 Å². The van der Waals surface area contributed by atoms with E-state index in [1.165, 1.54) is 33.4 Å². The highest BCUT2D eigenvalue weighted by Crippen LogP contribution is 2.39. The predicted molar refractivity (Wildman–Crippen MR) is 174 cm³/mol. The molecule has 0 saturated heterocycles. The number of rotatable bonds is 3. The van der Waals surface area contributed by atoms with Crippen LogP contribution in [0.3, 0.4) is 0 Å². The number of hydrogen-bond donors (Lipinski definition) is 3. The molecule has 1 aromatic heterocycles. The highest BCUT2D eigenvalue weighted by atomic mass is 16.3. The summed E-state index contributed by atoms with van der Waals surface area (Å²) < 4.78 is 0. The third kappa shape index (κ3) is 7.24. The maximum atomic E-state index is 8.63.